The number of benzene rings is 1. The molecule has 2 nitrogen and oxygen atoms in total. The summed E-state index contributed by atoms with van der Waals surface area (Å²) >= 11 is 0. The minimum absolute atomic E-state index is 0.178. The lowest BCUT2D eigenvalue weighted by Gasteiger charge is -2.32. The summed E-state index contributed by atoms with van der Waals surface area (Å²) < 4.78 is 19.3. The Labute approximate surface area is 121 Å². The van der Waals surface area contributed by atoms with Crippen LogP contribution in [0.2, 0.25) is 0 Å². The van der Waals surface area contributed by atoms with Crippen molar-refractivity contribution in [2.75, 3.05) is 20.2 Å². The van der Waals surface area contributed by atoms with Gasteiger partial charge in [-0.05, 0) is 55.8 Å². The van der Waals surface area contributed by atoms with E-state index in [0.717, 1.165) is 25.1 Å². The van der Waals surface area contributed by atoms with Gasteiger partial charge < -0.3 is 10.1 Å². The van der Waals surface area contributed by atoms with Crippen LogP contribution in [0.4, 0.5) is 4.39 Å². The molecule has 3 heteroatoms. The summed E-state index contributed by atoms with van der Waals surface area (Å²) in [4.78, 5) is 0. The maximum Gasteiger partial charge on any atom is 0.168 e. The van der Waals surface area contributed by atoms with Gasteiger partial charge in [0.1, 0.15) is 0 Å². The van der Waals surface area contributed by atoms with Crippen molar-refractivity contribution in [1.82, 2.24) is 5.32 Å². The molecule has 0 aliphatic heterocycles. The number of methoxy groups -OCH3 is 1. The lowest BCUT2D eigenvalue weighted by atomic mass is 9.76. The lowest BCUT2D eigenvalue weighted by molar-refractivity contribution is 0.227. The van der Waals surface area contributed by atoms with Crippen molar-refractivity contribution >= 4 is 0 Å². The standard InChI is InChI=1S/C17H26FNO/c1-3-19-12-15-8-5-4-7-13(15)11-14-9-6-10-16(20-2)17(14)18/h6,9-10,13,15,19H,3-5,7-8,11-12H2,1-2H3. The summed E-state index contributed by atoms with van der Waals surface area (Å²) in [6.07, 6.45) is 5.90. The molecule has 1 saturated carbocycles. The lowest BCUT2D eigenvalue weighted by Crippen LogP contribution is -2.31. The van der Waals surface area contributed by atoms with Crippen molar-refractivity contribution in [3.63, 3.8) is 0 Å². The highest BCUT2D eigenvalue weighted by molar-refractivity contribution is 5.31. The zero-order chi connectivity index (χ0) is 14.4. The summed E-state index contributed by atoms with van der Waals surface area (Å²) in [6, 6.07) is 5.48. The summed E-state index contributed by atoms with van der Waals surface area (Å²) in [5.41, 5.74) is 0.803. The minimum atomic E-state index is -0.178. The quantitative estimate of drug-likeness (QED) is 0.855. The Balaban J connectivity index is 2.06. The van der Waals surface area contributed by atoms with Crippen LogP contribution in [0.3, 0.4) is 0 Å². The molecule has 0 radical (unpaired) electrons. The third-order valence-electron chi connectivity index (χ3n) is 4.47. The zero-order valence-electron chi connectivity index (χ0n) is 12.6. The number of ether oxygens (including phenoxy) is 1. The molecule has 1 aromatic carbocycles. The predicted molar refractivity (Wildman–Crippen MR) is 80.6 cm³/mol. The van der Waals surface area contributed by atoms with Crippen LogP contribution in [-0.2, 0) is 6.42 Å². The minimum Gasteiger partial charge on any atom is -0.494 e. The van der Waals surface area contributed by atoms with Crippen molar-refractivity contribution < 1.29 is 9.13 Å². The second kappa shape index (κ2) is 7.63. The van der Waals surface area contributed by atoms with E-state index in [1.807, 2.05) is 12.1 Å². The summed E-state index contributed by atoms with van der Waals surface area (Å²) in [7, 11) is 1.52. The maximum absolute atomic E-state index is 14.3. The molecule has 0 bridgehead atoms. The average molecular weight is 279 g/mol. The Morgan fingerprint density at radius 2 is 2.00 bits per heavy atom. The van der Waals surface area contributed by atoms with Gasteiger partial charge in [-0.2, -0.15) is 0 Å². The van der Waals surface area contributed by atoms with E-state index in [1.165, 1.54) is 32.8 Å². The third kappa shape index (κ3) is 3.72. The molecule has 1 aliphatic carbocycles. The van der Waals surface area contributed by atoms with Gasteiger partial charge in [0.05, 0.1) is 7.11 Å². The van der Waals surface area contributed by atoms with E-state index in [1.54, 1.807) is 6.07 Å². The van der Waals surface area contributed by atoms with Crippen LogP contribution >= 0.6 is 0 Å². The normalized spacial score (nSPS) is 22.8. The fraction of sp³-hybridized carbons (Fsp3) is 0.647. The van der Waals surface area contributed by atoms with E-state index in [9.17, 15) is 4.39 Å². The van der Waals surface area contributed by atoms with Crippen molar-refractivity contribution in [2.24, 2.45) is 11.8 Å². The fourth-order valence-electron chi connectivity index (χ4n) is 3.31. The van der Waals surface area contributed by atoms with Crippen molar-refractivity contribution in [1.29, 1.82) is 0 Å². The van der Waals surface area contributed by atoms with Gasteiger partial charge in [0.2, 0.25) is 0 Å². The SMILES string of the molecule is CCNCC1CCCCC1Cc1cccc(OC)c1F. The van der Waals surface area contributed by atoms with Gasteiger partial charge >= 0.3 is 0 Å². The van der Waals surface area contributed by atoms with Crippen LogP contribution in [0.5, 0.6) is 5.75 Å². The number of nitrogens with one attached hydrogen (secondary N) is 1. The third-order valence-corrected chi connectivity index (χ3v) is 4.47. The summed E-state index contributed by atoms with van der Waals surface area (Å²) in [6.45, 7) is 4.21. The molecule has 0 heterocycles. The van der Waals surface area contributed by atoms with E-state index in [2.05, 4.69) is 12.2 Å². The van der Waals surface area contributed by atoms with Crippen LogP contribution in [0.1, 0.15) is 38.2 Å². The van der Waals surface area contributed by atoms with Crippen LogP contribution in [-0.4, -0.2) is 20.2 Å². The molecule has 2 atom stereocenters. The van der Waals surface area contributed by atoms with Crippen LogP contribution in [0, 0.1) is 17.7 Å². The van der Waals surface area contributed by atoms with Gasteiger partial charge in [0.15, 0.2) is 11.6 Å². The Morgan fingerprint density at radius 3 is 2.70 bits per heavy atom. The number of rotatable bonds is 6. The van der Waals surface area contributed by atoms with E-state index in [-0.39, 0.29) is 5.82 Å². The van der Waals surface area contributed by atoms with E-state index in [4.69, 9.17) is 4.74 Å². The molecule has 0 saturated heterocycles. The van der Waals surface area contributed by atoms with Gasteiger partial charge in [0, 0.05) is 0 Å². The van der Waals surface area contributed by atoms with Crippen molar-refractivity contribution in [3.05, 3.63) is 29.6 Å². The molecule has 1 N–H and O–H groups in total. The predicted octanol–water partition coefficient (Wildman–Crippen LogP) is 3.79. The first-order valence-electron chi connectivity index (χ1n) is 7.78. The van der Waals surface area contributed by atoms with Gasteiger partial charge in [0.25, 0.3) is 0 Å². The smallest absolute Gasteiger partial charge is 0.168 e. The Hall–Kier alpha value is -1.09. The summed E-state index contributed by atoms with van der Waals surface area (Å²) in [5.74, 6) is 1.45. The van der Waals surface area contributed by atoms with Crippen molar-refractivity contribution in [2.45, 2.75) is 39.0 Å². The molecule has 112 valence electrons. The molecule has 1 aliphatic rings. The largest absolute Gasteiger partial charge is 0.494 e. The van der Waals surface area contributed by atoms with Crippen molar-refractivity contribution in [3.8, 4) is 5.75 Å². The first-order chi connectivity index (χ1) is 9.76. The first-order valence-corrected chi connectivity index (χ1v) is 7.78. The van der Waals surface area contributed by atoms with Gasteiger partial charge in [-0.15, -0.1) is 0 Å². The molecule has 1 fully saturated rings. The first kappa shape index (κ1) is 15.3. The topological polar surface area (TPSA) is 21.3 Å². The monoisotopic (exact) mass is 279 g/mol. The summed E-state index contributed by atoms with van der Waals surface area (Å²) in [5, 5.41) is 3.45. The van der Waals surface area contributed by atoms with Gasteiger partial charge in [-0.25, -0.2) is 4.39 Å². The van der Waals surface area contributed by atoms with Gasteiger partial charge in [-0.3, -0.25) is 0 Å². The van der Waals surface area contributed by atoms with Crippen LogP contribution in [0.15, 0.2) is 18.2 Å². The number of halogens is 1. The number of hydrogen-bond donors (Lipinski definition) is 1. The molecule has 2 unspecified atom stereocenters. The van der Waals surface area contributed by atoms with Crippen LogP contribution < -0.4 is 10.1 Å². The fourth-order valence-corrected chi connectivity index (χ4v) is 3.31. The van der Waals surface area contributed by atoms with E-state index < -0.39 is 0 Å². The van der Waals surface area contributed by atoms with Gasteiger partial charge in [-0.1, -0.05) is 31.9 Å². The molecule has 0 aromatic heterocycles. The van der Waals surface area contributed by atoms with E-state index >= 15 is 0 Å². The second-order valence-corrected chi connectivity index (χ2v) is 5.75. The number of hydrogen-bond acceptors (Lipinski definition) is 2. The molecular weight excluding hydrogens is 253 g/mol. The highest BCUT2D eigenvalue weighted by atomic mass is 19.1. The molecule has 1 aromatic rings. The Kier molecular flexibility index (Phi) is 5.84. The van der Waals surface area contributed by atoms with Crippen LogP contribution in [0.25, 0.3) is 0 Å². The molecule has 0 amide bonds. The Bertz CT molecular complexity index is 421. The van der Waals surface area contributed by atoms with E-state index in [0.29, 0.717) is 17.6 Å². The molecule has 20 heavy (non-hydrogen) atoms. The average Bonchev–Trinajstić information content (AvgIpc) is 2.48. The molecule has 0 spiro atoms. The molecular formula is C17H26FNO. The zero-order valence-corrected chi connectivity index (χ0v) is 12.6. The Morgan fingerprint density at radius 1 is 1.25 bits per heavy atom. The maximum atomic E-state index is 14.3. The molecule has 2 rings (SSSR count). The highest BCUT2D eigenvalue weighted by Crippen LogP contribution is 2.33. The highest BCUT2D eigenvalue weighted by Gasteiger charge is 2.26. The second-order valence-electron chi connectivity index (χ2n) is 5.75.